The Bertz CT molecular complexity index is 2840. The molecule has 0 bridgehead atoms. The van der Waals surface area contributed by atoms with E-state index in [2.05, 4.69) is 185 Å². The fourth-order valence-corrected chi connectivity index (χ4v) is 9.66. The Kier molecular flexibility index (Phi) is 11.8. The first-order chi connectivity index (χ1) is 27.4. The maximum absolute atomic E-state index is 5.97. The second-order valence-corrected chi connectivity index (χ2v) is 21.7. The van der Waals surface area contributed by atoms with Gasteiger partial charge in [0.05, 0.1) is 24.9 Å². The molecule has 1 radical (unpaired) electrons. The van der Waals surface area contributed by atoms with Crippen molar-refractivity contribution in [2.24, 2.45) is 5.92 Å². The number of pyridine rings is 1. The molecule has 9 rings (SSSR count). The molecule has 0 amide bonds. The van der Waals surface area contributed by atoms with Crippen LogP contribution in [0.25, 0.3) is 72.2 Å². The molecule has 3 heterocycles. The molecule has 0 N–H and O–H groups in total. The molecule has 0 spiro atoms. The molecule has 0 aliphatic rings. The Morgan fingerprint density at radius 3 is 2.19 bits per heavy atom. The minimum absolute atomic E-state index is 0. The van der Waals surface area contributed by atoms with Gasteiger partial charge in [0, 0.05) is 43.8 Å². The quantitative estimate of drug-likeness (QED) is 0.118. The van der Waals surface area contributed by atoms with E-state index in [9.17, 15) is 0 Å². The van der Waals surface area contributed by atoms with Crippen LogP contribution >= 0.6 is 0 Å². The van der Waals surface area contributed by atoms with Crippen LogP contribution in [0.1, 0.15) is 36.1 Å². The van der Waals surface area contributed by atoms with Crippen LogP contribution in [0.2, 0.25) is 19.6 Å². The largest absolute Gasteiger partial charge is 0.557 e. The van der Waals surface area contributed by atoms with E-state index in [0.717, 1.165) is 62.1 Å². The fourth-order valence-electron chi connectivity index (χ4n) is 8.07. The van der Waals surface area contributed by atoms with E-state index in [1.54, 1.807) is 0 Å². The number of hydrogen-bond donors (Lipinski definition) is 0. The van der Waals surface area contributed by atoms with Crippen LogP contribution < -0.4 is 5.19 Å². The van der Waals surface area contributed by atoms with E-state index in [-0.39, 0.29) is 20.1 Å². The number of aromatic nitrogens is 3. The number of imidazole rings is 1. The molecule has 6 heteroatoms. The van der Waals surface area contributed by atoms with Gasteiger partial charge >= 0.3 is 0 Å². The first kappa shape index (κ1) is 40.8. The second-order valence-electron chi connectivity index (χ2n) is 16.7. The van der Waals surface area contributed by atoms with Gasteiger partial charge in [0.1, 0.15) is 0 Å². The number of hydrogen-bond acceptors (Lipinski definition) is 3. The molecule has 0 aliphatic carbocycles. The Labute approximate surface area is 357 Å². The molecule has 0 saturated carbocycles. The third kappa shape index (κ3) is 8.28. The Balaban J connectivity index is 0.000000208. The average Bonchev–Trinajstić information content (AvgIpc) is 3.78. The number of nitrogens with zero attached hydrogens (tertiary/aromatic N) is 3. The Morgan fingerprint density at radius 2 is 1.48 bits per heavy atom. The van der Waals surface area contributed by atoms with E-state index in [1.165, 1.54) is 44.0 Å². The van der Waals surface area contributed by atoms with E-state index >= 15 is 0 Å². The van der Waals surface area contributed by atoms with Crippen molar-refractivity contribution in [1.29, 1.82) is 0 Å². The molecule has 0 atom stereocenters. The summed E-state index contributed by atoms with van der Waals surface area (Å²) in [4.78, 5) is 9.78. The summed E-state index contributed by atoms with van der Waals surface area (Å²) in [6.45, 7) is 18.2. The molecule has 9 aromatic rings. The number of aryl methyl sites for hydroxylation is 3. The van der Waals surface area contributed by atoms with Gasteiger partial charge < -0.3 is 14.0 Å². The molecule has 0 unspecified atom stereocenters. The van der Waals surface area contributed by atoms with Crippen molar-refractivity contribution in [3.8, 4) is 39.5 Å². The second kappa shape index (κ2) is 16.8. The van der Waals surface area contributed by atoms with Crippen LogP contribution in [0.3, 0.4) is 0 Å². The zero-order chi connectivity index (χ0) is 39.8. The summed E-state index contributed by atoms with van der Waals surface area (Å²) >= 11 is 0. The van der Waals surface area contributed by atoms with Crippen molar-refractivity contribution in [3.63, 3.8) is 0 Å². The third-order valence-corrected chi connectivity index (χ3v) is 12.7. The van der Waals surface area contributed by atoms with Gasteiger partial charge in [0.2, 0.25) is 0 Å². The fraction of sp³-hybridized carbons (Fsp3) is 0.192. The van der Waals surface area contributed by atoms with Crippen molar-refractivity contribution >= 4 is 46.0 Å². The van der Waals surface area contributed by atoms with Gasteiger partial charge in [-0.1, -0.05) is 134 Å². The van der Waals surface area contributed by atoms with Gasteiger partial charge in [-0.25, -0.2) is 0 Å². The number of furan rings is 1. The van der Waals surface area contributed by atoms with Crippen LogP contribution in [-0.4, -0.2) is 22.6 Å². The first-order valence-corrected chi connectivity index (χ1v) is 23.4. The van der Waals surface area contributed by atoms with Gasteiger partial charge in [-0.15, -0.1) is 35.9 Å². The van der Waals surface area contributed by atoms with Gasteiger partial charge in [-0.3, -0.25) is 4.98 Å². The normalized spacial score (nSPS) is 11.5. The van der Waals surface area contributed by atoms with Crippen LogP contribution in [0, 0.1) is 39.0 Å². The predicted molar refractivity (Wildman–Crippen MR) is 242 cm³/mol. The third-order valence-electron chi connectivity index (χ3n) is 10.7. The molecule has 0 saturated heterocycles. The number of para-hydroxylation sites is 2. The van der Waals surface area contributed by atoms with E-state index in [0.29, 0.717) is 5.92 Å². The number of rotatable bonds is 7. The molecule has 3 aromatic heterocycles. The topological polar surface area (TPSA) is 43.9 Å². The average molecular weight is 952 g/mol. The van der Waals surface area contributed by atoms with Crippen LogP contribution in [0.15, 0.2) is 138 Å². The Hall–Kier alpha value is -5.39. The Morgan fingerprint density at radius 1 is 0.759 bits per heavy atom. The van der Waals surface area contributed by atoms with Crippen molar-refractivity contribution in [2.75, 3.05) is 0 Å². The van der Waals surface area contributed by atoms with E-state index in [4.69, 9.17) is 9.40 Å². The molecule has 293 valence electrons. The smallest absolute Gasteiger partial charge is 0.0798 e. The molecule has 0 fully saturated rings. The van der Waals surface area contributed by atoms with Crippen molar-refractivity contribution in [1.82, 2.24) is 14.5 Å². The van der Waals surface area contributed by atoms with E-state index in [1.807, 2.05) is 24.3 Å². The minimum Gasteiger partial charge on any atom is -0.557 e. The maximum atomic E-state index is 5.97. The predicted octanol–water partition coefficient (Wildman–Crippen LogP) is 13.3. The van der Waals surface area contributed by atoms with Crippen molar-refractivity contribution in [3.05, 3.63) is 168 Å². The molecule has 6 aromatic carbocycles. The summed E-state index contributed by atoms with van der Waals surface area (Å²) in [5.74, 6) is 1.50. The number of benzene rings is 6. The zero-order valence-electron chi connectivity index (χ0n) is 34.6. The zero-order valence-corrected chi connectivity index (χ0v) is 38.0. The van der Waals surface area contributed by atoms with Crippen molar-refractivity contribution in [2.45, 2.75) is 60.7 Å². The van der Waals surface area contributed by atoms with Crippen molar-refractivity contribution < 1.29 is 24.5 Å². The van der Waals surface area contributed by atoms with Crippen LogP contribution in [-0.2, 0) is 26.5 Å². The molecule has 4 nitrogen and oxygen atoms in total. The summed E-state index contributed by atoms with van der Waals surface area (Å²) in [6, 6.07) is 47.8. The van der Waals surface area contributed by atoms with Gasteiger partial charge in [0.15, 0.2) is 0 Å². The SMILES string of the molecule is CC(C)Cc1cc(-c2[c-]cccc2)ncc1[Si](C)(C)C.Cc1ccc2cc3o[c-]c(-c4nc5ccccc5n4-c4cc(C)c(-c5ccccc5)c(C)c4)c3cc2c1.[Ir]. The standard InChI is InChI=1S/C34H25N2O.C18H24NSi.Ir/c1-21-13-14-25-19-32-28(18-26(25)15-21)29(20-37-32)34-35-30-11-7-8-12-31(30)36(34)27-16-22(2)33(23(3)17-27)24-9-5-4-6-10-24;1-14(2)11-16-12-17(15-9-7-6-8-10-15)19-13-18(16)20(3,4)5;/h4-19H,1-3H3;6-9,12-14H,11H2,1-5H3;/q2*-1;. The summed E-state index contributed by atoms with van der Waals surface area (Å²) in [5.41, 5.74) is 14.6. The summed E-state index contributed by atoms with van der Waals surface area (Å²) in [6.07, 6.45) is 6.44. The molecular formula is C52H49IrN3OSi-2. The van der Waals surface area contributed by atoms with Gasteiger partial charge in [0.25, 0.3) is 0 Å². The summed E-state index contributed by atoms with van der Waals surface area (Å²) < 4.78 is 8.22. The van der Waals surface area contributed by atoms with Crippen LogP contribution in [0.5, 0.6) is 0 Å². The van der Waals surface area contributed by atoms with Gasteiger partial charge in [-0.2, -0.15) is 0 Å². The monoisotopic (exact) mass is 952 g/mol. The maximum Gasteiger partial charge on any atom is 0.0798 e. The summed E-state index contributed by atoms with van der Waals surface area (Å²) in [7, 11) is -1.34. The minimum atomic E-state index is -1.34. The van der Waals surface area contributed by atoms with E-state index < -0.39 is 8.07 Å². The first-order valence-electron chi connectivity index (χ1n) is 19.9. The molecule has 0 aliphatic heterocycles. The molecule has 58 heavy (non-hydrogen) atoms. The molecular weight excluding hydrogens is 903 g/mol. The summed E-state index contributed by atoms with van der Waals surface area (Å²) in [5, 5.41) is 4.85. The number of fused-ring (bicyclic) bond motifs is 3. The van der Waals surface area contributed by atoms with Gasteiger partial charge in [-0.05, 0) is 101 Å². The van der Waals surface area contributed by atoms with Crippen LogP contribution in [0.4, 0.5) is 0 Å².